The van der Waals surface area contributed by atoms with Gasteiger partial charge < -0.3 is 14.2 Å². The molecule has 4 heteroatoms. The maximum absolute atomic E-state index is 12.3. The second-order valence-corrected chi connectivity index (χ2v) is 7.60. The van der Waals surface area contributed by atoms with E-state index in [0.29, 0.717) is 12.4 Å². The zero-order valence-corrected chi connectivity index (χ0v) is 16.2. The number of carbonyl (C=O) groups excluding carboxylic acids is 1. The fourth-order valence-electron chi connectivity index (χ4n) is 2.76. The number of carbonyl (C=O) groups is 1. The first-order valence-electron chi connectivity index (χ1n) is 8.88. The van der Waals surface area contributed by atoms with E-state index >= 15 is 0 Å². The lowest BCUT2D eigenvalue weighted by molar-refractivity contribution is -0.178. The monoisotopic (exact) mass is 356 g/mol. The van der Waals surface area contributed by atoms with Gasteiger partial charge in [0.25, 0.3) is 0 Å². The molecule has 2 rings (SSSR count). The molecule has 0 radical (unpaired) electrons. The van der Waals surface area contributed by atoms with Crippen molar-refractivity contribution in [1.29, 1.82) is 0 Å². The van der Waals surface area contributed by atoms with E-state index in [4.69, 9.17) is 14.2 Å². The highest BCUT2D eigenvalue weighted by Gasteiger charge is 2.44. The van der Waals surface area contributed by atoms with Gasteiger partial charge in [-0.15, -0.1) is 5.92 Å². The summed E-state index contributed by atoms with van der Waals surface area (Å²) >= 11 is 0. The fraction of sp³-hybridized carbons (Fsp3) is 0.500. The van der Waals surface area contributed by atoms with Crippen LogP contribution in [-0.4, -0.2) is 24.3 Å². The van der Waals surface area contributed by atoms with Crippen molar-refractivity contribution in [2.45, 2.75) is 59.5 Å². The molecule has 0 amide bonds. The molecule has 1 aliphatic rings. The molecular weight excluding hydrogens is 328 g/mol. The van der Waals surface area contributed by atoms with Gasteiger partial charge in [-0.3, -0.25) is 4.79 Å². The molecule has 0 spiro atoms. The minimum Gasteiger partial charge on any atom is -0.476 e. The van der Waals surface area contributed by atoms with Crippen LogP contribution < -0.4 is 0 Å². The van der Waals surface area contributed by atoms with Gasteiger partial charge in [0.15, 0.2) is 12.2 Å². The van der Waals surface area contributed by atoms with Crippen LogP contribution >= 0.6 is 0 Å². The van der Waals surface area contributed by atoms with Gasteiger partial charge >= 0.3 is 5.97 Å². The summed E-state index contributed by atoms with van der Waals surface area (Å²) in [7, 11) is 0. The molecule has 1 aromatic carbocycles. The largest absolute Gasteiger partial charge is 0.476 e. The molecule has 1 aromatic rings. The lowest BCUT2D eigenvalue weighted by Gasteiger charge is -2.40. The van der Waals surface area contributed by atoms with Crippen LogP contribution in [0.25, 0.3) is 0 Å². The van der Waals surface area contributed by atoms with E-state index in [-0.39, 0.29) is 18.0 Å². The summed E-state index contributed by atoms with van der Waals surface area (Å²) in [6.07, 6.45) is -1.32. The number of ether oxygens (including phenoxy) is 3. The van der Waals surface area contributed by atoms with Crippen molar-refractivity contribution in [2.24, 2.45) is 11.3 Å². The van der Waals surface area contributed by atoms with E-state index in [0.717, 1.165) is 5.56 Å². The standard InChI is InChI=1S/C22H28O4/c1-7-11-18-20(24-14-17-12-9-8-10-13-17)15(2)19(16(3)25-18)26-21(23)22(4,5)6/h8-10,12-13,15,18-20H,3,14H2,1-2,4-6H3/t15-,18-,19-,20-/m1/s1. The van der Waals surface area contributed by atoms with E-state index < -0.39 is 17.6 Å². The van der Waals surface area contributed by atoms with Gasteiger partial charge in [-0.1, -0.05) is 49.8 Å². The first kappa shape index (κ1) is 20.1. The Morgan fingerprint density at radius 3 is 2.50 bits per heavy atom. The highest BCUT2D eigenvalue weighted by molar-refractivity contribution is 5.75. The van der Waals surface area contributed by atoms with E-state index in [1.165, 1.54) is 0 Å². The van der Waals surface area contributed by atoms with Crippen LogP contribution in [0.15, 0.2) is 42.7 Å². The lowest BCUT2D eigenvalue weighted by Crippen LogP contribution is -2.49. The van der Waals surface area contributed by atoms with E-state index in [2.05, 4.69) is 18.4 Å². The van der Waals surface area contributed by atoms with Crippen LogP contribution in [-0.2, 0) is 25.6 Å². The first-order chi connectivity index (χ1) is 12.2. The topological polar surface area (TPSA) is 44.8 Å². The normalized spacial score (nSPS) is 25.7. The highest BCUT2D eigenvalue weighted by Crippen LogP contribution is 2.33. The van der Waals surface area contributed by atoms with Gasteiger partial charge in [-0.05, 0) is 33.3 Å². The third-order valence-electron chi connectivity index (χ3n) is 4.31. The molecule has 0 N–H and O–H groups in total. The Morgan fingerprint density at radius 1 is 1.27 bits per heavy atom. The Kier molecular flexibility index (Phi) is 6.50. The average molecular weight is 356 g/mol. The molecule has 1 saturated heterocycles. The summed E-state index contributed by atoms with van der Waals surface area (Å²) in [4.78, 5) is 12.3. The van der Waals surface area contributed by atoms with Crippen molar-refractivity contribution in [2.75, 3.05) is 0 Å². The fourth-order valence-corrected chi connectivity index (χ4v) is 2.76. The predicted molar refractivity (Wildman–Crippen MR) is 101 cm³/mol. The van der Waals surface area contributed by atoms with Gasteiger partial charge in [0, 0.05) is 5.92 Å². The van der Waals surface area contributed by atoms with E-state index in [1.54, 1.807) is 6.92 Å². The Labute approximate surface area is 156 Å². The summed E-state index contributed by atoms with van der Waals surface area (Å²) in [5.41, 5.74) is 0.469. The molecule has 1 aliphatic heterocycles. The summed E-state index contributed by atoms with van der Waals surface area (Å²) in [6, 6.07) is 9.92. The molecule has 26 heavy (non-hydrogen) atoms. The number of hydrogen-bond acceptors (Lipinski definition) is 4. The van der Waals surface area contributed by atoms with Crippen LogP contribution in [0.4, 0.5) is 0 Å². The van der Waals surface area contributed by atoms with Crippen LogP contribution in [0.3, 0.4) is 0 Å². The summed E-state index contributed by atoms with van der Waals surface area (Å²) in [6.45, 7) is 13.6. The Balaban J connectivity index is 2.16. The van der Waals surface area contributed by atoms with Crippen LogP contribution in [0.2, 0.25) is 0 Å². The zero-order chi connectivity index (χ0) is 19.3. The maximum atomic E-state index is 12.3. The van der Waals surface area contributed by atoms with E-state index in [1.807, 2.05) is 58.0 Å². The summed E-state index contributed by atoms with van der Waals surface area (Å²) < 4.78 is 17.7. The van der Waals surface area contributed by atoms with Gasteiger partial charge in [0.2, 0.25) is 0 Å². The number of esters is 1. The van der Waals surface area contributed by atoms with Crippen molar-refractivity contribution in [3.63, 3.8) is 0 Å². The SMILES string of the molecule is C=C1O[C@H](C#CC)[C@H](OCc2ccccc2)[C@H](C)[C@H]1OC(=O)C(C)(C)C. The molecule has 0 aromatic heterocycles. The molecule has 1 heterocycles. The average Bonchev–Trinajstić information content (AvgIpc) is 2.58. The quantitative estimate of drug-likeness (QED) is 0.602. The minimum absolute atomic E-state index is 0.128. The molecule has 1 fully saturated rings. The Hall–Kier alpha value is -2.25. The van der Waals surface area contributed by atoms with Gasteiger partial charge in [-0.25, -0.2) is 0 Å². The molecule has 4 atom stereocenters. The molecule has 0 bridgehead atoms. The lowest BCUT2D eigenvalue weighted by atomic mass is 9.89. The molecule has 0 aliphatic carbocycles. The first-order valence-corrected chi connectivity index (χ1v) is 8.88. The highest BCUT2D eigenvalue weighted by atomic mass is 16.6. The number of benzene rings is 1. The Morgan fingerprint density at radius 2 is 1.92 bits per heavy atom. The molecular formula is C22H28O4. The zero-order valence-electron chi connectivity index (χ0n) is 16.2. The summed E-state index contributed by atoms with van der Waals surface area (Å²) in [5.74, 6) is 5.92. The van der Waals surface area contributed by atoms with Crippen molar-refractivity contribution in [3.05, 3.63) is 48.2 Å². The van der Waals surface area contributed by atoms with Crippen molar-refractivity contribution in [3.8, 4) is 11.8 Å². The van der Waals surface area contributed by atoms with Crippen LogP contribution in [0.5, 0.6) is 0 Å². The maximum Gasteiger partial charge on any atom is 0.311 e. The van der Waals surface area contributed by atoms with Crippen molar-refractivity contribution in [1.82, 2.24) is 0 Å². The van der Waals surface area contributed by atoms with Gasteiger partial charge in [0.05, 0.1) is 12.0 Å². The smallest absolute Gasteiger partial charge is 0.311 e. The third-order valence-corrected chi connectivity index (χ3v) is 4.31. The Bertz CT molecular complexity index is 690. The van der Waals surface area contributed by atoms with Crippen LogP contribution in [0.1, 0.15) is 40.2 Å². The second kappa shape index (κ2) is 8.42. The van der Waals surface area contributed by atoms with Gasteiger partial charge in [-0.2, -0.15) is 0 Å². The molecule has 0 unspecified atom stereocenters. The van der Waals surface area contributed by atoms with Crippen molar-refractivity contribution >= 4 is 5.97 Å². The second-order valence-electron chi connectivity index (χ2n) is 7.60. The van der Waals surface area contributed by atoms with Crippen LogP contribution in [0, 0.1) is 23.2 Å². The van der Waals surface area contributed by atoms with Crippen molar-refractivity contribution < 1.29 is 19.0 Å². The molecule has 140 valence electrons. The van der Waals surface area contributed by atoms with Gasteiger partial charge in [0.1, 0.15) is 11.9 Å². The number of hydrogen-bond donors (Lipinski definition) is 0. The predicted octanol–water partition coefficient (Wildman–Crippen LogP) is 4.10. The summed E-state index contributed by atoms with van der Waals surface area (Å²) in [5, 5.41) is 0. The third kappa shape index (κ3) is 4.89. The molecule has 4 nitrogen and oxygen atoms in total. The van der Waals surface area contributed by atoms with E-state index in [9.17, 15) is 4.79 Å². The minimum atomic E-state index is -0.597. The number of rotatable bonds is 4. The molecule has 0 saturated carbocycles.